The van der Waals surface area contributed by atoms with Crippen molar-refractivity contribution in [2.45, 2.75) is 50.5 Å². The normalized spacial score (nSPS) is 17.6. The number of alkyl carbamates (subject to hydrolysis) is 1. The van der Waals surface area contributed by atoms with Crippen molar-refractivity contribution in [3.05, 3.63) is 185 Å². The number of carbonyl (C=O) groups is 4. The Morgan fingerprint density at radius 3 is 1.93 bits per heavy atom. The molecule has 0 fully saturated rings. The van der Waals surface area contributed by atoms with Gasteiger partial charge in [-0.15, -0.1) is 0 Å². The maximum absolute atomic E-state index is 14.7. The molecule has 3 N–H and O–H groups in total. The number of benzene rings is 5. The van der Waals surface area contributed by atoms with Crippen LogP contribution in [0.25, 0.3) is 5.70 Å². The summed E-state index contributed by atoms with van der Waals surface area (Å²) in [4.78, 5) is 56.4. The fourth-order valence-electron chi connectivity index (χ4n) is 6.63. The second kappa shape index (κ2) is 17.8. The zero-order valence-electron chi connectivity index (χ0n) is 30.5. The van der Waals surface area contributed by atoms with E-state index in [1.165, 1.54) is 0 Å². The lowest BCUT2D eigenvalue weighted by atomic mass is 9.71. The summed E-state index contributed by atoms with van der Waals surface area (Å²) in [5.41, 5.74) is 2.44. The molecule has 0 aliphatic carbocycles. The fourth-order valence-corrected chi connectivity index (χ4v) is 6.76. The Morgan fingerprint density at radius 1 is 0.764 bits per heavy atom. The van der Waals surface area contributed by atoms with E-state index in [-0.39, 0.29) is 13.0 Å². The molecule has 0 bridgehead atoms. The number of ether oxygens (including phenoxy) is 2. The van der Waals surface area contributed by atoms with Crippen LogP contribution in [0.3, 0.4) is 0 Å². The molecule has 1 heterocycles. The average Bonchev–Trinajstić information content (AvgIpc) is 3.21. The molecule has 280 valence electrons. The lowest BCUT2D eigenvalue weighted by Crippen LogP contribution is -2.63. The molecule has 0 radical (unpaired) electrons. The van der Waals surface area contributed by atoms with Crippen molar-refractivity contribution < 1.29 is 28.7 Å². The standard InChI is InChI=1S/C45H42ClN3O6/c1-30(2)40(55-42(51)39(27-31-15-7-3-8-16-31)48-44(53)54-29-32-17-9-4-10-18-32)41(50)49-45(35-21-13-6-14-22-35)37(33-23-25-36(46)26-24-33)28-38(47-43(45)52)34-19-11-5-12-20-34/h3-26,28,30,37,39-40H,27,29H2,1-2H3,(H,47,52)(H,48,53)(H,49,50)/t37-,39-,40?,45+/m0/s1. The van der Waals surface area contributed by atoms with E-state index in [9.17, 15) is 19.2 Å². The first-order valence-corrected chi connectivity index (χ1v) is 18.4. The monoisotopic (exact) mass is 755 g/mol. The highest BCUT2D eigenvalue weighted by Crippen LogP contribution is 2.43. The first-order chi connectivity index (χ1) is 26.6. The minimum Gasteiger partial charge on any atom is -0.450 e. The van der Waals surface area contributed by atoms with E-state index in [2.05, 4.69) is 16.0 Å². The number of halogens is 1. The summed E-state index contributed by atoms with van der Waals surface area (Å²) in [5.74, 6) is -3.27. The van der Waals surface area contributed by atoms with Crippen molar-refractivity contribution in [1.82, 2.24) is 16.0 Å². The van der Waals surface area contributed by atoms with Gasteiger partial charge in [0.1, 0.15) is 12.6 Å². The van der Waals surface area contributed by atoms with Crippen LogP contribution in [-0.4, -0.2) is 36.0 Å². The van der Waals surface area contributed by atoms with Crippen LogP contribution in [0, 0.1) is 5.92 Å². The van der Waals surface area contributed by atoms with Gasteiger partial charge in [0.05, 0.1) is 0 Å². The van der Waals surface area contributed by atoms with Crippen LogP contribution in [0.2, 0.25) is 5.02 Å². The fraction of sp³-hybridized carbons (Fsp3) is 0.200. The second-order valence-corrected chi connectivity index (χ2v) is 14.1. The Morgan fingerprint density at radius 2 is 1.33 bits per heavy atom. The molecule has 3 amide bonds. The third-order valence-corrected chi connectivity index (χ3v) is 9.70. The molecule has 1 aliphatic heterocycles. The predicted molar refractivity (Wildman–Crippen MR) is 211 cm³/mol. The minimum atomic E-state index is -1.69. The minimum absolute atomic E-state index is 0.00431. The van der Waals surface area contributed by atoms with Crippen LogP contribution >= 0.6 is 11.6 Å². The largest absolute Gasteiger partial charge is 0.450 e. The van der Waals surface area contributed by atoms with E-state index in [0.717, 1.165) is 22.3 Å². The zero-order chi connectivity index (χ0) is 38.8. The summed E-state index contributed by atoms with van der Waals surface area (Å²) in [6.07, 6.45) is -0.174. The van der Waals surface area contributed by atoms with Crippen molar-refractivity contribution in [2.75, 3.05) is 0 Å². The molecular formula is C45H42ClN3O6. The number of rotatable bonds is 13. The molecule has 0 saturated carbocycles. The van der Waals surface area contributed by atoms with E-state index in [0.29, 0.717) is 16.3 Å². The summed E-state index contributed by atoms with van der Waals surface area (Å²) in [7, 11) is 0. The first kappa shape index (κ1) is 38.5. The summed E-state index contributed by atoms with van der Waals surface area (Å²) in [5, 5.41) is 9.28. The van der Waals surface area contributed by atoms with Crippen molar-refractivity contribution in [1.29, 1.82) is 0 Å². The Kier molecular flexibility index (Phi) is 12.4. The molecule has 9 nitrogen and oxygen atoms in total. The summed E-state index contributed by atoms with van der Waals surface area (Å²) in [6.45, 7) is 3.48. The lowest BCUT2D eigenvalue weighted by molar-refractivity contribution is -0.161. The highest BCUT2D eigenvalue weighted by atomic mass is 35.5. The first-order valence-electron chi connectivity index (χ1n) is 18.1. The number of nitrogens with one attached hydrogen (secondary N) is 3. The molecule has 4 atom stereocenters. The van der Waals surface area contributed by atoms with Crippen LogP contribution < -0.4 is 16.0 Å². The Hall–Kier alpha value is -6.19. The lowest BCUT2D eigenvalue weighted by Gasteiger charge is -2.43. The molecule has 0 saturated heterocycles. The smallest absolute Gasteiger partial charge is 0.408 e. The van der Waals surface area contributed by atoms with E-state index in [1.54, 1.807) is 50.2 Å². The van der Waals surface area contributed by atoms with Gasteiger partial charge < -0.3 is 25.4 Å². The molecule has 1 aliphatic rings. The van der Waals surface area contributed by atoms with Crippen LogP contribution in [0.4, 0.5) is 4.79 Å². The van der Waals surface area contributed by atoms with E-state index < -0.39 is 53.4 Å². The van der Waals surface area contributed by atoms with Gasteiger partial charge in [-0.2, -0.15) is 0 Å². The van der Waals surface area contributed by atoms with Gasteiger partial charge in [0.15, 0.2) is 11.6 Å². The molecule has 1 unspecified atom stereocenters. The number of hydrogen-bond donors (Lipinski definition) is 3. The van der Waals surface area contributed by atoms with Gasteiger partial charge >= 0.3 is 12.1 Å². The molecule has 5 aromatic carbocycles. The van der Waals surface area contributed by atoms with Gasteiger partial charge in [0, 0.05) is 23.1 Å². The van der Waals surface area contributed by atoms with Gasteiger partial charge in [-0.1, -0.05) is 159 Å². The Balaban J connectivity index is 1.32. The topological polar surface area (TPSA) is 123 Å². The SMILES string of the molecule is CC(C)C(OC(=O)[C@H](Cc1ccccc1)NC(=O)OCc1ccccc1)C(=O)N[C@@]1(c2ccccc2)C(=O)NC(c2ccccc2)=C[C@H]1c1ccc(Cl)cc1. The van der Waals surface area contributed by atoms with Gasteiger partial charge in [-0.3, -0.25) is 9.59 Å². The summed E-state index contributed by atoms with van der Waals surface area (Å²) >= 11 is 6.31. The average molecular weight is 756 g/mol. The van der Waals surface area contributed by atoms with Crippen molar-refractivity contribution in [3.8, 4) is 0 Å². The second-order valence-electron chi connectivity index (χ2n) is 13.6. The molecular weight excluding hydrogens is 714 g/mol. The highest BCUT2D eigenvalue weighted by Gasteiger charge is 2.52. The third kappa shape index (κ3) is 9.31. The van der Waals surface area contributed by atoms with Gasteiger partial charge in [-0.05, 0) is 51.9 Å². The molecule has 6 rings (SSSR count). The van der Waals surface area contributed by atoms with Crippen LogP contribution in [0.5, 0.6) is 0 Å². The number of amides is 3. The van der Waals surface area contributed by atoms with Crippen LogP contribution in [-0.2, 0) is 42.4 Å². The Bertz CT molecular complexity index is 2110. The molecule has 55 heavy (non-hydrogen) atoms. The number of hydrogen-bond acceptors (Lipinski definition) is 6. The molecule has 0 spiro atoms. The maximum Gasteiger partial charge on any atom is 0.408 e. The number of carbonyl (C=O) groups excluding carboxylic acids is 4. The molecule has 5 aromatic rings. The van der Waals surface area contributed by atoms with Crippen molar-refractivity contribution in [2.24, 2.45) is 5.92 Å². The van der Waals surface area contributed by atoms with E-state index in [1.807, 2.05) is 115 Å². The van der Waals surface area contributed by atoms with E-state index >= 15 is 0 Å². The quantitative estimate of drug-likeness (QED) is 0.106. The zero-order valence-corrected chi connectivity index (χ0v) is 31.2. The highest BCUT2D eigenvalue weighted by molar-refractivity contribution is 6.30. The molecule has 0 aromatic heterocycles. The maximum atomic E-state index is 14.7. The van der Waals surface area contributed by atoms with Gasteiger partial charge in [-0.25, -0.2) is 9.59 Å². The Labute approximate surface area is 325 Å². The van der Waals surface area contributed by atoms with Crippen LogP contribution in [0.1, 0.15) is 47.6 Å². The summed E-state index contributed by atoms with van der Waals surface area (Å²) in [6, 6.07) is 42.6. The predicted octanol–water partition coefficient (Wildman–Crippen LogP) is 7.71. The summed E-state index contributed by atoms with van der Waals surface area (Å²) < 4.78 is 11.4. The van der Waals surface area contributed by atoms with Crippen molar-refractivity contribution in [3.63, 3.8) is 0 Å². The van der Waals surface area contributed by atoms with Crippen LogP contribution in [0.15, 0.2) is 152 Å². The third-order valence-electron chi connectivity index (χ3n) is 9.45. The van der Waals surface area contributed by atoms with Gasteiger partial charge in [0.25, 0.3) is 11.8 Å². The van der Waals surface area contributed by atoms with Gasteiger partial charge in [0.2, 0.25) is 0 Å². The van der Waals surface area contributed by atoms with E-state index in [4.69, 9.17) is 21.1 Å². The molecule has 10 heteroatoms. The number of esters is 1. The van der Waals surface area contributed by atoms with Crippen molar-refractivity contribution >= 4 is 41.2 Å².